The topological polar surface area (TPSA) is 54.9 Å². The molecule has 0 unspecified atom stereocenters. The molecule has 1 radical (unpaired) electrons. The minimum Gasteiger partial charge on any atom is -0.306 e. The number of hydrogen-bond acceptors (Lipinski definition) is 4. The van der Waals surface area contributed by atoms with Crippen molar-refractivity contribution in [2.45, 2.75) is 13.3 Å². The maximum absolute atomic E-state index is 12.9. The van der Waals surface area contributed by atoms with Gasteiger partial charge < -0.3 is 4.40 Å². The Kier molecular flexibility index (Phi) is 4.86. The Morgan fingerprint density at radius 3 is 2.74 bits per heavy atom. The van der Waals surface area contributed by atoms with Crippen LogP contribution in [0.25, 0.3) is 28.1 Å². The first-order valence-electron chi connectivity index (χ1n) is 10.3. The molecule has 6 heteroatoms. The molecular formula is C25H22N5O. The van der Waals surface area contributed by atoms with Gasteiger partial charge in [0.1, 0.15) is 11.3 Å². The average molecular weight is 408 g/mol. The quantitative estimate of drug-likeness (QED) is 0.485. The molecule has 31 heavy (non-hydrogen) atoms. The first-order chi connectivity index (χ1) is 15.1. The lowest BCUT2D eigenvalue weighted by atomic mass is 10.0. The molecule has 0 bridgehead atoms. The number of hydrogen-bond donors (Lipinski definition) is 0. The van der Waals surface area contributed by atoms with Gasteiger partial charge in [-0.25, -0.2) is 9.97 Å². The molecule has 1 aliphatic rings. The van der Waals surface area contributed by atoms with Gasteiger partial charge in [-0.15, -0.1) is 5.73 Å². The second-order valence-corrected chi connectivity index (χ2v) is 7.80. The van der Waals surface area contributed by atoms with Crippen molar-refractivity contribution in [3.05, 3.63) is 95.0 Å². The van der Waals surface area contributed by atoms with Crippen molar-refractivity contribution in [3.8, 4) is 11.3 Å². The van der Waals surface area contributed by atoms with Crippen LogP contribution in [0, 0.1) is 13.5 Å². The zero-order valence-electron chi connectivity index (χ0n) is 17.3. The van der Waals surface area contributed by atoms with E-state index in [-0.39, 0.29) is 5.56 Å². The average Bonchev–Trinajstić information content (AvgIpc) is 3.17. The smallest absolute Gasteiger partial charge is 0.258 e. The normalized spacial score (nSPS) is 14.5. The predicted molar refractivity (Wildman–Crippen MR) is 122 cm³/mol. The molecular weight excluding hydrogens is 386 g/mol. The van der Waals surface area contributed by atoms with Crippen molar-refractivity contribution in [1.82, 2.24) is 23.7 Å². The zero-order chi connectivity index (χ0) is 21.4. The summed E-state index contributed by atoms with van der Waals surface area (Å²) in [6, 6.07) is 9.44. The fraction of sp³-hybridized carbons (Fsp3) is 0.200. The molecule has 153 valence electrons. The molecule has 0 saturated carbocycles. The summed E-state index contributed by atoms with van der Waals surface area (Å²) >= 11 is 0. The highest BCUT2D eigenvalue weighted by atomic mass is 16.1. The molecule has 0 aromatic carbocycles. The minimum atomic E-state index is -0.0922. The van der Waals surface area contributed by atoms with Gasteiger partial charge in [0.05, 0.1) is 11.4 Å². The van der Waals surface area contributed by atoms with E-state index in [1.165, 1.54) is 5.57 Å². The molecule has 0 saturated heterocycles. The van der Waals surface area contributed by atoms with Gasteiger partial charge in [-0.2, -0.15) is 0 Å². The summed E-state index contributed by atoms with van der Waals surface area (Å²) < 4.78 is 3.58. The van der Waals surface area contributed by atoms with E-state index < -0.39 is 0 Å². The molecule has 4 aromatic rings. The SMILES string of the molecule is [CH]=C=CCN1CC=C(c2ccc3nc(-c4ccc5nc(C)cn5c4)cc(=O)n3c2)CC1. The van der Waals surface area contributed by atoms with Crippen LogP contribution < -0.4 is 5.56 Å². The first-order valence-corrected chi connectivity index (χ1v) is 10.3. The van der Waals surface area contributed by atoms with Gasteiger partial charge in [-0.3, -0.25) is 14.1 Å². The highest BCUT2D eigenvalue weighted by Gasteiger charge is 2.13. The van der Waals surface area contributed by atoms with E-state index >= 15 is 0 Å². The number of aryl methyl sites for hydroxylation is 1. The van der Waals surface area contributed by atoms with Crippen molar-refractivity contribution in [1.29, 1.82) is 0 Å². The van der Waals surface area contributed by atoms with Gasteiger partial charge in [0.15, 0.2) is 0 Å². The minimum absolute atomic E-state index is 0.0922. The molecule has 4 aromatic heterocycles. The number of nitrogens with zero attached hydrogens (tertiary/aromatic N) is 5. The second kappa shape index (κ2) is 7.84. The van der Waals surface area contributed by atoms with Crippen LogP contribution in [-0.4, -0.2) is 43.3 Å². The van der Waals surface area contributed by atoms with E-state index in [1.807, 2.05) is 60.3 Å². The van der Waals surface area contributed by atoms with Crippen LogP contribution in [0.5, 0.6) is 0 Å². The van der Waals surface area contributed by atoms with Crippen molar-refractivity contribution in [2.24, 2.45) is 0 Å². The molecule has 1 aliphatic heterocycles. The van der Waals surface area contributed by atoms with E-state index in [9.17, 15) is 4.79 Å². The summed E-state index contributed by atoms with van der Waals surface area (Å²) in [5, 5.41) is 0. The molecule has 0 spiro atoms. The molecule has 5 heterocycles. The van der Waals surface area contributed by atoms with Crippen molar-refractivity contribution < 1.29 is 0 Å². The summed E-state index contributed by atoms with van der Waals surface area (Å²) in [5.41, 5.74) is 8.78. The van der Waals surface area contributed by atoms with Crippen LogP contribution in [0.4, 0.5) is 0 Å². The van der Waals surface area contributed by atoms with Crippen LogP contribution in [-0.2, 0) is 0 Å². The van der Waals surface area contributed by atoms with Crippen molar-refractivity contribution >= 4 is 16.9 Å². The molecule has 0 N–H and O–H groups in total. The summed E-state index contributed by atoms with van der Waals surface area (Å²) in [6.45, 7) is 9.88. The van der Waals surface area contributed by atoms with Crippen LogP contribution >= 0.6 is 0 Å². The first kappa shape index (κ1) is 19.2. The lowest BCUT2D eigenvalue weighted by molar-refractivity contribution is 0.334. The van der Waals surface area contributed by atoms with Crippen LogP contribution in [0.1, 0.15) is 17.7 Å². The molecule has 0 atom stereocenters. The van der Waals surface area contributed by atoms with Gasteiger partial charge in [0.25, 0.3) is 5.56 Å². The lowest BCUT2D eigenvalue weighted by Gasteiger charge is -2.25. The number of imidazole rings is 1. The summed E-state index contributed by atoms with van der Waals surface area (Å²) in [4.78, 5) is 24.4. The van der Waals surface area contributed by atoms with Crippen LogP contribution in [0.15, 0.2) is 71.6 Å². The highest BCUT2D eigenvalue weighted by Crippen LogP contribution is 2.23. The Balaban J connectivity index is 1.48. The number of aromatic nitrogens is 4. The standard InChI is InChI=1S/C25H22N5O/c1-3-4-11-28-12-9-19(10-13-28)20-5-8-24-27-22(14-25(31)30(24)17-20)21-6-7-23-26-18(2)15-29(23)16-21/h1,4-9,14-17H,10-13H2,2H3. The third-order valence-corrected chi connectivity index (χ3v) is 5.66. The third kappa shape index (κ3) is 3.75. The Bertz CT molecular complexity index is 1440. The van der Waals surface area contributed by atoms with E-state index in [0.29, 0.717) is 11.3 Å². The number of pyridine rings is 2. The number of fused-ring (bicyclic) bond motifs is 2. The van der Waals surface area contributed by atoms with E-state index in [0.717, 1.165) is 48.5 Å². The van der Waals surface area contributed by atoms with Crippen molar-refractivity contribution in [3.63, 3.8) is 0 Å². The largest absolute Gasteiger partial charge is 0.306 e. The Labute approximate surface area is 180 Å². The van der Waals surface area contributed by atoms with E-state index in [1.54, 1.807) is 10.5 Å². The molecule has 0 fully saturated rings. The molecule has 5 rings (SSSR count). The third-order valence-electron chi connectivity index (χ3n) is 5.66. The summed E-state index contributed by atoms with van der Waals surface area (Å²) in [7, 11) is 0. The van der Waals surface area contributed by atoms with Gasteiger partial charge >= 0.3 is 0 Å². The van der Waals surface area contributed by atoms with Gasteiger partial charge in [0, 0.05) is 49.9 Å². The van der Waals surface area contributed by atoms with Crippen LogP contribution in [0.2, 0.25) is 0 Å². The predicted octanol–water partition coefficient (Wildman–Crippen LogP) is 3.55. The summed E-state index contributed by atoms with van der Waals surface area (Å²) in [5.74, 6) is 0. The Hall–Kier alpha value is -3.73. The number of rotatable bonds is 4. The fourth-order valence-corrected chi connectivity index (χ4v) is 4.03. The van der Waals surface area contributed by atoms with E-state index in [4.69, 9.17) is 11.6 Å². The second-order valence-electron chi connectivity index (χ2n) is 7.80. The lowest BCUT2D eigenvalue weighted by Crippen LogP contribution is -2.28. The van der Waals surface area contributed by atoms with Crippen molar-refractivity contribution in [2.75, 3.05) is 19.6 Å². The maximum Gasteiger partial charge on any atom is 0.258 e. The van der Waals surface area contributed by atoms with Gasteiger partial charge in [0.2, 0.25) is 0 Å². The fourth-order valence-electron chi connectivity index (χ4n) is 4.03. The highest BCUT2D eigenvalue weighted by molar-refractivity contribution is 5.68. The molecule has 0 aliphatic carbocycles. The maximum atomic E-state index is 12.9. The summed E-state index contributed by atoms with van der Waals surface area (Å²) in [6.07, 6.45) is 10.8. The Morgan fingerprint density at radius 2 is 1.94 bits per heavy atom. The van der Waals surface area contributed by atoms with Gasteiger partial charge in [-0.05, 0) is 61.4 Å². The van der Waals surface area contributed by atoms with Crippen LogP contribution in [0.3, 0.4) is 0 Å². The molecule has 6 nitrogen and oxygen atoms in total. The van der Waals surface area contributed by atoms with Gasteiger partial charge in [-0.1, -0.05) is 6.08 Å². The Morgan fingerprint density at radius 1 is 1.10 bits per heavy atom. The zero-order valence-corrected chi connectivity index (χ0v) is 17.3. The van der Waals surface area contributed by atoms with E-state index in [2.05, 4.69) is 21.7 Å². The monoisotopic (exact) mass is 408 g/mol. The molecule has 0 amide bonds.